The normalized spacial score (nSPS) is 16.7. The van der Waals surface area contributed by atoms with Crippen LogP contribution in [0.1, 0.15) is 11.1 Å². The van der Waals surface area contributed by atoms with Gasteiger partial charge in [-0.05, 0) is 58.7 Å². The number of carbonyl (C=O) groups excluding carboxylic acids is 2. The Hall–Kier alpha value is -1.74. The molecule has 1 saturated heterocycles. The van der Waals surface area contributed by atoms with Crippen LogP contribution < -0.4 is 9.47 Å². The Morgan fingerprint density at radius 2 is 1.74 bits per heavy atom. The fourth-order valence-corrected chi connectivity index (χ4v) is 4.74. The lowest BCUT2D eigenvalue weighted by Gasteiger charge is -2.16. The zero-order chi connectivity index (χ0) is 19.4. The van der Waals surface area contributed by atoms with Gasteiger partial charge in [-0.3, -0.25) is 14.5 Å². The van der Waals surface area contributed by atoms with Crippen molar-refractivity contribution in [3.63, 3.8) is 0 Å². The minimum Gasteiger partial charge on any atom is -0.493 e. The number of ether oxygens (including phenoxy) is 2. The third-order valence-electron chi connectivity index (χ3n) is 4.43. The van der Waals surface area contributed by atoms with Crippen LogP contribution in [-0.2, 0) is 17.6 Å². The minimum absolute atomic E-state index is 0.107. The molecule has 3 rings (SSSR count). The summed E-state index contributed by atoms with van der Waals surface area (Å²) in [5.41, 5.74) is 2.08. The van der Waals surface area contributed by atoms with Gasteiger partial charge >= 0.3 is 0 Å². The summed E-state index contributed by atoms with van der Waals surface area (Å²) < 4.78 is 11.7. The monoisotopic (exact) mass is 497 g/mol. The second-order valence-electron chi connectivity index (χ2n) is 6.10. The number of methoxy groups -OCH3 is 2. The van der Waals surface area contributed by atoms with Crippen molar-refractivity contribution < 1.29 is 19.1 Å². The average molecular weight is 497 g/mol. The predicted molar refractivity (Wildman–Crippen MR) is 115 cm³/mol. The Morgan fingerprint density at radius 1 is 1.07 bits per heavy atom. The molecule has 7 heteroatoms. The van der Waals surface area contributed by atoms with Crippen molar-refractivity contribution in [2.45, 2.75) is 18.1 Å². The van der Waals surface area contributed by atoms with Crippen molar-refractivity contribution in [3.8, 4) is 11.5 Å². The summed E-state index contributed by atoms with van der Waals surface area (Å²) in [7, 11) is 3.19. The molecule has 0 spiro atoms. The van der Waals surface area contributed by atoms with Crippen molar-refractivity contribution in [1.82, 2.24) is 4.90 Å². The van der Waals surface area contributed by atoms with Gasteiger partial charge < -0.3 is 9.47 Å². The van der Waals surface area contributed by atoms with E-state index in [0.717, 1.165) is 26.5 Å². The molecule has 2 aromatic rings. The van der Waals surface area contributed by atoms with E-state index in [-0.39, 0.29) is 16.4 Å². The van der Waals surface area contributed by atoms with Crippen LogP contribution in [0.5, 0.6) is 11.5 Å². The highest BCUT2D eigenvalue weighted by Crippen LogP contribution is 2.33. The predicted octanol–water partition coefficient (Wildman–Crippen LogP) is 4.16. The SMILES string of the molecule is COc1cc(I)c(CCN2C(=O)SC(Cc3ccccc3)C2=O)cc1OC. The van der Waals surface area contributed by atoms with Crippen LogP contribution in [0.4, 0.5) is 4.79 Å². The first-order chi connectivity index (χ1) is 13.0. The Morgan fingerprint density at radius 3 is 2.41 bits per heavy atom. The van der Waals surface area contributed by atoms with Crippen LogP contribution in [0.15, 0.2) is 42.5 Å². The zero-order valence-corrected chi connectivity index (χ0v) is 18.1. The molecule has 0 radical (unpaired) electrons. The fourth-order valence-electron chi connectivity index (χ4n) is 2.98. The maximum atomic E-state index is 12.7. The van der Waals surface area contributed by atoms with Crippen LogP contribution in [-0.4, -0.2) is 42.1 Å². The van der Waals surface area contributed by atoms with Gasteiger partial charge in [0, 0.05) is 10.1 Å². The molecule has 2 amide bonds. The van der Waals surface area contributed by atoms with E-state index < -0.39 is 0 Å². The average Bonchev–Trinajstić information content (AvgIpc) is 2.94. The lowest BCUT2D eigenvalue weighted by atomic mass is 10.1. The lowest BCUT2D eigenvalue weighted by Crippen LogP contribution is -2.34. The molecule has 5 nitrogen and oxygen atoms in total. The van der Waals surface area contributed by atoms with Gasteiger partial charge in [0.1, 0.15) is 0 Å². The van der Waals surface area contributed by atoms with E-state index in [4.69, 9.17) is 9.47 Å². The highest BCUT2D eigenvalue weighted by Gasteiger charge is 2.39. The number of halogens is 1. The molecule has 0 aromatic heterocycles. The molecule has 0 saturated carbocycles. The Labute approximate surface area is 176 Å². The van der Waals surface area contributed by atoms with Gasteiger partial charge in [-0.25, -0.2) is 0 Å². The third-order valence-corrected chi connectivity index (χ3v) is 6.51. The van der Waals surface area contributed by atoms with Crippen LogP contribution in [0.3, 0.4) is 0 Å². The molecule has 1 aliphatic rings. The number of nitrogens with zero attached hydrogens (tertiary/aromatic N) is 1. The van der Waals surface area contributed by atoms with Gasteiger partial charge in [0.2, 0.25) is 5.91 Å². The van der Waals surface area contributed by atoms with Gasteiger partial charge in [0.25, 0.3) is 5.24 Å². The molecule has 2 aromatic carbocycles. The first kappa shape index (κ1) is 20.0. The second-order valence-corrected chi connectivity index (χ2v) is 8.42. The summed E-state index contributed by atoms with van der Waals surface area (Å²) in [6.07, 6.45) is 1.15. The molecule has 1 fully saturated rings. The summed E-state index contributed by atoms with van der Waals surface area (Å²) >= 11 is 3.35. The number of rotatable bonds is 7. The molecule has 1 atom stereocenters. The van der Waals surface area contributed by atoms with Gasteiger partial charge in [-0.2, -0.15) is 0 Å². The molecule has 0 bridgehead atoms. The van der Waals surface area contributed by atoms with E-state index in [2.05, 4.69) is 22.6 Å². The second kappa shape index (κ2) is 8.97. The van der Waals surface area contributed by atoms with Crippen molar-refractivity contribution in [3.05, 3.63) is 57.2 Å². The standard InChI is InChI=1S/C20H20INO4S/c1-25-16-11-14(15(21)12-17(16)26-2)8-9-22-19(23)18(27-20(22)24)10-13-6-4-3-5-7-13/h3-7,11-12,18H,8-10H2,1-2H3. The summed E-state index contributed by atoms with van der Waals surface area (Å²) in [6, 6.07) is 13.6. The van der Waals surface area contributed by atoms with Crippen molar-refractivity contribution in [1.29, 1.82) is 0 Å². The van der Waals surface area contributed by atoms with Crippen molar-refractivity contribution in [2.75, 3.05) is 20.8 Å². The topological polar surface area (TPSA) is 55.8 Å². The number of hydrogen-bond donors (Lipinski definition) is 0. The Bertz CT molecular complexity index is 843. The number of benzene rings is 2. The first-order valence-corrected chi connectivity index (χ1v) is 10.5. The molecular weight excluding hydrogens is 477 g/mol. The molecule has 1 aliphatic heterocycles. The quantitative estimate of drug-likeness (QED) is 0.538. The zero-order valence-electron chi connectivity index (χ0n) is 15.1. The molecule has 142 valence electrons. The van der Waals surface area contributed by atoms with E-state index in [1.807, 2.05) is 42.5 Å². The summed E-state index contributed by atoms with van der Waals surface area (Å²) in [6.45, 7) is 0.363. The molecular formula is C20H20INO4S. The lowest BCUT2D eigenvalue weighted by molar-refractivity contribution is -0.126. The van der Waals surface area contributed by atoms with E-state index in [1.54, 1.807) is 14.2 Å². The summed E-state index contributed by atoms with van der Waals surface area (Å²) in [5.74, 6) is 1.20. The third kappa shape index (κ3) is 4.57. The van der Waals surface area contributed by atoms with Crippen LogP contribution in [0, 0.1) is 3.57 Å². The van der Waals surface area contributed by atoms with Gasteiger partial charge in [0.05, 0.1) is 19.5 Å². The molecule has 27 heavy (non-hydrogen) atoms. The molecule has 0 N–H and O–H groups in total. The highest BCUT2D eigenvalue weighted by molar-refractivity contribution is 14.1. The fraction of sp³-hybridized carbons (Fsp3) is 0.300. The summed E-state index contributed by atoms with van der Waals surface area (Å²) in [4.78, 5) is 26.4. The molecule has 1 unspecified atom stereocenters. The van der Waals surface area contributed by atoms with Gasteiger partial charge in [-0.1, -0.05) is 42.1 Å². The first-order valence-electron chi connectivity index (χ1n) is 8.49. The van der Waals surface area contributed by atoms with Crippen molar-refractivity contribution in [2.24, 2.45) is 0 Å². The van der Waals surface area contributed by atoms with Crippen LogP contribution >= 0.6 is 34.4 Å². The molecule has 0 aliphatic carbocycles. The van der Waals surface area contributed by atoms with Crippen LogP contribution in [0.2, 0.25) is 0 Å². The van der Waals surface area contributed by atoms with Crippen LogP contribution in [0.25, 0.3) is 0 Å². The minimum atomic E-state index is -0.343. The smallest absolute Gasteiger partial charge is 0.289 e. The number of carbonyl (C=O) groups is 2. The van der Waals surface area contributed by atoms with E-state index in [1.165, 1.54) is 4.90 Å². The number of amides is 2. The highest BCUT2D eigenvalue weighted by atomic mass is 127. The Kier molecular flexibility index (Phi) is 6.64. The Balaban J connectivity index is 1.67. The van der Waals surface area contributed by atoms with Crippen molar-refractivity contribution >= 4 is 45.5 Å². The van der Waals surface area contributed by atoms with E-state index >= 15 is 0 Å². The maximum Gasteiger partial charge on any atom is 0.289 e. The van der Waals surface area contributed by atoms with E-state index in [0.29, 0.717) is 30.9 Å². The maximum absolute atomic E-state index is 12.7. The van der Waals surface area contributed by atoms with Gasteiger partial charge in [0.15, 0.2) is 11.5 Å². The van der Waals surface area contributed by atoms with Gasteiger partial charge in [-0.15, -0.1) is 0 Å². The molecule has 1 heterocycles. The number of hydrogen-bond acceptors (Lipinski definition) is 5. The summed E-state index contributed by atoms with van der Waals surface area (Å²) in [5, 5.41) is -0.513. The number of thioether (sulfide) groups is 1. The number of imide groups is 1. The largest absolute Gasteiger partial charge is 0.493 e. The van der Waals surface area contributed by atoms with E-state index in [9.17, 15) is 9.59 Å².